The van der Waals surface area contributed by atoms with Crippen molar-refractivity contribution >= 4 is 46.5 Å². The van der Waals surface area contributed by atoms with E-state index in [1.54, 1.807) is 38.2 Å². The summed E-state index contributed by atoms with van der Waals surface area (Å²) in [4.78, 5) is 88.3. The zero-order valence-electron chi connectivity index (χ0n) is 30.4. The second-order valence-corrected chi connectivity index (χ2v) is 14.5. The minimum atomic E-state index is -1.37. The van der Waals surface area contributed by atoms with Crippen molar-refractivity contribution in [2.45, 2.75) is 108 Å². The topological polar surface area (TPSA) is 265 Å². The molecule has 18 heteroatoms. The van der Waals surface area contributed by atoms with Crippen LogP contribution >= 0.6 is 0 Å². The zero-order valence-corrected chi connectivity index (χ0v) is 30.4. The number of fused-ring (bicyclic) bond motifs is 1. The molecule has 0 bridgehead atoms. The molecule has 3 aromatic rings. The fourth-order valence-corrected chi connectivity index (χ4v) is 7.30. The zero-order chi connectivity index (χ0) is 39.0. The highest BCUT2D eigenvalue weighted by atomic mass is 16.4. The highest BCUT2D eigenvalue weighted by Gasteiger charge is 2.45. The monoisotopic (exact) mass is 748 g/mol. The lowest BCUT2D eigenvalue weighted by molar-refractivity contribution is -0.142. The average Bonchev–Trinajstić information content (AvgIpc) is 3.82. The van der Waals surface area contributed by atoms with Gasteiger partial charge in [-0.05, 0) is 69.7 Å². The largest absolute Gasteiger partial charge is 0.465 e. The number of hydrogen-bond donors (Lipinski definition) is 6. The summed E-state index contributed by atoms with van der Waals surface area (Å²) < 4.78 is 1.47. The van der Waals surface area contributed by atoms with Crippen molar-refractivity contribution in [1.82, 2.24) is 45.8 Å². The maximum atomic E-state index is 14.7. The third-order valence-electron chi connectivity index (χ3n) is 10.1. The predicted octanol–water partition coefficient (Wildman–Crippen LogP) is 1.34. The number of nitrogens with two attached hydrogens (primary N) is 1. The number of nitrogens with zero attached hydrogens (tertiary/aromatic N) is 6. The minimum Gasteiger partial charge on any atom is -0.465 e. The normalized spacial score (nSPS) is 18.8. The number of aliphatic hydroxyl groups is 1. The van der Waals surface area contributed by atoms with E-state index in [0.29, 0.717) is 24.2 Å². The molecule has 4 heterocycles. The van der Waals surface area contributed by atoms with Gasteiger partial charge in [0.25, 0.3) is 11.8 Å². The Morgan fingerprint density at radius 2 is 1.78 bits per heavy atom. The van der Waals surface area contributed by atoms with Crippen LogP contribution in [0.25, 0.3) is 11.0 Å². The van der Waals surface area contributed by atoms with Gasteiger partial charge in [0.1, 0.15) is 23.4 Å². The molecule has 290 valence electrons. The highest BCUT2D eigenvalue weighted by molar-refractivity contribution is 6.37. The van der Waals surface area contributed by atoms with Crippen molar-refractivity contribution in [3.05, 3.63) is 48.0 Å². The van der Waals surface area contributed by atoms with Gasteiger partial charge < -0.3 is 36.8 Å². The lowest BCUT2D eigenvalue weighted by Crippen LogP contribution is -2.56. The Balaban J connectivity index is 1.44. The van der Waals surface area contributed by atoms with Crippen molar-refractivity contribution in [3.8, 4) is 0 Å². The molecule has 5 amide bonds. The average molecular weight is 749 g/mol. The number of carbonyl (C=O) groups is 6. The number of pyridine rings is 2. The quantitative estimate of drug-likeness (QED) is 0.0896. The number of carboxylic acid groups (broad SMARTS) is 1. The fraction of sp³-hybridized carbons (Fsp3) is 0.556. The summed E-state index contributed by atoms with van der Waals surface area (Å²) in [5.41, 5.74) is 4.74. The highest BCUT2D eigenvalue weighted by Crippen LogP contribution is 2.33. The van der Waals surface area contributed by atoms with Crippen LogP contribution in [0.1, 0.15) is 100 Å². The summed E-state index contributed by atoms with van der Waals surface area (Å²) in [5, 5.41) is 36.3. The Kier molecular flexibility index (Phi) is 12.9. The van der Waals surface area contributed by atoms with Gasteiger partial charge >= 0.3 is 6.09 Å². The Morgan fingerprint density at radius 1 is 1.02 bits per heavy atom. The van der Waals surface area contributed by atoms with E-state index in [0.717, 1.165) is 37.5 Å². The molecular formula is C36H48N10O8. The lowest BCUT2D eigenvalue weighted by Gasteiger charge is -2.32. The number of likely N-dealkylation sites (tertiary alicyclic amines) is 1. The summed E-state index contributed by atoms with van der Waals surface area (Å²) in [7, 11) is 0. The molecule has 5 rings (SSSR count). The summed E-state index contributed by atoms with van der Waals surface area (Å²) in [6.07, 6.45) is 7.45. The van der Waals surface area contributed by atoms with Gasteiger partial charge in [0.05, 0.1) is 24.0 Å². The maximum Gasteiger partial charge on any atom is 0.404 e. The first-order valence-electron chi connectivity index (χ1n) is 18.3. The Morgan fingerprint density at radius 3 is 2.48 bits per heavy atom. The number of carbonyl (C=O) groups excluding carboxylic acids is 5. The van der Waals surface area contributed by atoms with Crippen molar-refractivity contribution in [2.75, 3.05) is 13.1 Å². The van der Waals surface area contributed by atoms with Gasteiger partial charge in [-0.15, -0.1) is 5.10 Å². The molecule has 0 spiro atoms. The van der Waals surface area contributed by atoms with Crippen LogP contribution in [0.4, 0.5) is 4.79 Å². The third kappa shape index (κ3) is 9.91. The van der Waals surface area contributed by atoms with Crippen molar-refractivity contribution < 1.29 is 39.0 Å². The molecule has 18 nitrogen and oxygen atoms in total. The first-order valence-corrected chi connectivity index (χ1v) is 18.3. The van der Waals surface area contributed by atoms with Crippen molar-refractivity contribution in [3.63, 3.8) is 0 Å². The van der Waals surface area contributed by atoms with Crippen LogP contribution in [0, 0.1) is 5.92 Å². The molecule has 2 fully saturated rings. The Labute approximate surface area is 311 Å². The van der Waals surface area contributed by atoms with Crippen LogP contribution in [0.15, 0.2) is 36.7 Å². The van der Waals surface area contributed by atoms with Crippen LogP contribution in [0.5, 0.6) is 0 Å². The van der Waals surface area contributed by atoms with Gasteiger partial charge in [0.2, 0.25) is 17.6 Å². The van der Waals surface area contributed by atoms with Crippen LogP contribution in [0.2, 0.25) is 0 Å². The first kappa shape index (κ1) is 39.7. The number of aromatic nitrogens is 5. The standard InChI is InChI=1S/C36H48N10O8/c1-36(2,54)28-19-40-44-46(28)23-18-27(33(50)42-24(29(47)30(37)48)12-6-7-15-39-35(52)53)45(20-23)34(51)26(17-21-9-4-3-5-10-21)43-32(49)25-14-13-22-11-8-16-38-31(22)41-25/h8,11,13-14,16,19,21,23-24,26-27,39,54H,3-7,9-10,12,15,17-18,20H2,1-2H3,(H2,37,48)(H,42,50)(H,43,49)(H,52,53)/t23-,24?,26?,27-/m0/s1. The summed E-state index contributed by atoms with van der Waals surface area (Å²) >= 11 is 0. The van der Waals surface area contributed by atoms with Gasteiger partial charge in [-0.3, -0.25) is 24.0 Å². The van der Waals surface area contributed by atoms with Crippen LogP contribution in [-0.2, 0) is 24.8 Å². The molecule has 0 aromatic carbocycles. The van der Waals surface area contributed by atoms with E-state index in [2.05, 4.69) is 36.2 Å². The number of rotatable bonds is 16. The second kappa shape index (κ2) is 17.5. The molecule has 7 N–H and O–H groups in total. The van der Waals surface area contributed by atoms with Crippen molar-refractivity contribution in [2.24, 2.45) is 11.7 Å². The molecule has 0 radical (unpaired) electrons. The second-order valence-electron chi connectivity index (χ2n) is 14.5. The van der Waals surface area contributed by atoms with Crippen LogP contribution < -0.4 is 21.7 Å². The number of nitrogens with one attached hydrogen (secondary N) is 3. The van der Waals surface area contributed by atoms with Gasteiger partial charge in [0, 0.05) is 31.1 Å². The number of hydrogen-bond acceptors (Lipinski definition) is 11. The number of ketones is 1. The molecule has 4 atom stereocenters. The molecule has 1 aliphatic carbocycles. The van der Waals surface area contributed by atoms with Crippen molar-refractivity contribution in [1.29, 1.82) is 0 Å². The predicted molar refractivity (Wildman–Crippen MR) is 192 cm³/mol. The fourth-order valence-electron chi connectivity index (χ4n) is 7.30. The van der Waals surface area contributed by atoms with Crippen LogP contribution in [0.3, 0.4) is 0 Å². The minimum absolute atomic E-state index is 0.00597. The Hall–Kier alpha value is -5.52. The van der Waals surface area contributed by atoms with E-state index in [1.165, 1.54) is 15.8 Å². The van der Waals surface area contributed by atoms with E-state index < -0.39 is 65.3 Å². The molecule has 1 aliphatic heterocycles. The first-order chi connectivity index (χ1) is 25.7. The SMILES string of the molecule is CC(C)(O)c1cnnn1[C@H]1C[C@@H](C(=O)NC(CCCCNC(=O)O)C(=O)C(N)=O)N(C(=O)C(CC2CCCCC2)NC(=O)c2ccc3cccnc3n2)C1. The van der Waals surface area contributed by atoms with E-state index in [1.807, 2.05) is 6.07 Å². The van der Waals surface area contributed by atoms with Crippen LogP contribution in [-0.4, -0.2) is 107 Å². The summed E-state index contributed by atoms with van der Waals surface area (Å²) in [6, 6.07) is 2.64. The lowest BCUT2D eigenvalue weighted by atomic mass is 9.84. The summed E-state index contributed by atoms with van der Waals surface area (Å²) in [6.45, 7) is 3.16. The van der Waals surface area contributed by atoms with Gasteiger partial charge in [0.15, 0.2) is 5.65 Å². The molecular weight excluding hydrogens is 700 g/mol. The maximum absolute atomic E-state index is 14.7. The molecule has 2 aliphatic rings. The number of Topliss-reactive ketones (excluding diaryl/α,β-unsaturated/α-hetero) is 1. The molecule has 1 saturated heterocycles. The van der Waals surface area contributed by atoms with E-state index in [4.69, 9.17) is 10.8 Å². The number of primary amides is 1. The summed E-state index contributed by atoms with van der Waals surface area (Å²) in [5.74, 6) is -4.01. The van der Waals surface area contributed by atoms with Gasteiger partial charge in [-0.1, -0.05) is 37.3 Å². The molecule has 2 unspecified atom stereocenters. The smallest absolute Gasteiger partial charge is 0.404 e. The van der Waals surface area contributed by atoms with Gasteiger partial charge in [-0.25, -0.2) is 19.4 Å². The van der Waals surface area contributed by atoms with E-state index in [-0.39, 0.29) is 44.0 Å². The molecule has 1 saturated carbocycles. The Bertz CT molecular complexity index is 1850. The van der Waals surface area contributed by atoms with Gasteiger partial charge in [-0.2, -0.15) is 0 Å². The number of amides is 5. The molecule has 54 heavy (non-hydrogen) atoms. The van der Waals surface area contributed by atoms with E-state index >= 15 is 0 Å². The number of unbranched alkanes of at least 4 members (excludes halogenated alkanes) is 1. The molecule has 3 aromatic heterocycles. The third-order valence-corrected chi connectivity index (χ3v) is 10.1. The van der Waals surface area contributed by atoms with E-state index in [9.17, 15) is 33.9 Å².